The Labute approximate surface area is 89.9 Å². The van der Waals surface area contributed by atoms with Gasteiger partial charge in [-0.3, -0.25) is 0 Å². The summed E-state index contributed by atoms with van der Waals surface area (Å²) in [6.45, 7) is -0.963. The van der Waals surface area contributed by atoms with Crippen LogP contribution < -0.4 is 4.90 Å². The van der Waals surface area contributed by atoms with Gasteiger partial charge in [-0.2, -0.15) is 13.2 Å². The summed E-state index contributed by atoms with van der Waals surface area (Å²) < 4.78 is 36.6. The van der Waals surface area contributed by atoms with Crippen molar-refractivity contribution >= 4 is 17.4 Å². The van der Waals surface area contributed by atoms with Crippen molar-refractivity contribution in [2.45, 2.75) is 6.18 Å². The van der Waals surface area contributed by atoms with Crippen molar-refractivity contribution in [3.63, 3.8) is 0 Å². The molecule has 0 bridgehead atoms. The second kappa shape index (κ2) is 5.16. The molecule has 1 aromatic rings. The second-order valence-corrected chi connectivity index (χ2v) is 3.17. The fraction of sp³-hybridized carbons (Fsp3) is 0.500. The van der Waals surface area contributed by atoms with Gasteiger partial charge in [0, 0.05) is 18.6 Å². The molecule has 15 heavy (non-hydrogen) atoms. The molecule has 0 saturated carbocycles. The van der Waals surface area contributed by atoms with Crippen molar-refractivity contribution in [2.24, 2.45) is 0 Å². The minimum Gasteiger partial charge on any atom is -0.346 e. The molecule has 1 aromatic heterocycles. The third kappa shape index (κ3) is 4.33. The van der Waals surface area contributed by atoms with E-state index in [2.05, 4.69) is 9.97 Å². The lowest BCUT2D eigenvalue weighted by Crippen LogP contribution is -2.36. The first kappa shape index (κ1) is 12.0. The van der Waals surface area contributed by atoms with Crippen LogP contribution in [0.5, 0.6) is 0 Å². The Balaban J connectivity index is 2.75. The lowest BCUT2D eigenvalue weighted by molar-refractivity contribution is -0.119. The predicted molar refractivity (Wildman–Crippen MR) is 51.0 cm³/mol. The fourth-order valence-electron chi connectivity index (χ4n) is 1.06. The number of nitrogens with zero attached hydrogens (tertiary/aromatic N) is 3. The van der Waals surface area contributed by atoms with Gasteiger partial charge >= 0.3 is 6.18 Å². The van der Waals surface area contributed by atoms with Crippen molar-refractivity contribution in [1.82, 2.24) is 9.97 Å². The van der Waals surface area contributed by atoms with E-state index in [9.17, 15) is 13.2 Å². The van der Waals surface area contributed by atoms with Crippen LogP contribution in [0.1, 0.15) is 0 Å². The van der Waals surface area contributed by atoms with Crippen LogP contribution in [-0.2, 0) is 0 Å². The summed E-state index contributed by atoms with van der Waals surface area (Å²) in [5.41, 5.74) is 0. The highest BCUT2D eigenvalue weighted by molar-refractivity contribution is 6.18. The van der Waals surface area contributed by atoms with Crippen molar-refractivity contribution < 1.29 is 13.2 Å². The van der Waals surface area contributed by atoms with Crippen molar-refractivity contribution in [1.29, 1.82) is 0 Å². The molecule has 0 saturated heterocycles. The molecule has 0 aromatic carbocycles. The Morgan fingerprint density at radius 2 is 2.13 bits per heavy atom. The van der Waals surface area contributed by atoms with Crippen molar-refractivity contribution in [3.8, 4) is 0 Å². The molecule has 1 rings (SSSR count). The summed E-state index contributed by atoms with van der Waals surface area (Å²) >= 11 is 5.42. The van der Waals surface area contributed by atoms with Gasteiger partial charge < -0.3 is 4.90 Å². The Kier molecular flexibility index (Phi) is 4.14. The zero-order valence-corrected chi connectivity index (χ0v) is 8.46. The summed E-state index contributed by atoms with van der Waals surface area (Å²) in [5, 5.41) is 0. The SMILES string of the molecule is FC(F)(F)CN(CCCl)c1ccncn1. The third-order valence-corrected chi connectivity index (χ3v) is 1.78. The van der Waals surface area contributed by atoms with E-state index in [1.807, 2.05) is 0 Å². The average molecular weight is 240 g/mol. The van der Waals surface area contributed by atoms with Gasteiger partial charge in [0.1, 0.15) is 18.7 Å². The highest BCUT2D eigenvalue weighted by atomic mass is 35.5. The van der Waals surface area contributed by atoms with Crippen LogP contribution in [0.15, 0.2) is 18.6 Å². The van der Waals surface area contributed by atoms with Gasteiger partial charge in [-0.25, -0.2) is 9.97 Å². The highest BCUT2D eigenvalue weighted by Gasteiger charge is 2.31. The average Bonchev–Trinajstić information content (AvgIpc) is 2.17. The molecular weight excluding hydrogens is 231 g/mol. The number of rotatable bonds is 4. The van der Waals surface area contributed by atoms with E-state index < -0.39 is 12.7 Å². The van der Waals surface area contributed by atoms with Crippen LogP contribution in [0.25, 0.3) is 0 Å². The lowest BCUT2D eigenvalue weighted by atomic mass is 10.4. The number of anilines is 1. The number of hydrogen-bond donors (Lipinski definition) is 0. The largest absolute Gasteiger partial charge is 0.405 e. The summed E-state index contributed by atoms with van der Waals surface area (Å²) in [6.07, 6.45) is -1.68. The van der Waals surface area contributed by atoms with Crippen LogP contribution >= 0.6 is 11.6 Å². The zero-order valence-electron chi connectivity index (χ0n) is 7.71. The van der Waals surface area contributed by atoms with Crippen LogP contribution in [0.3, 0.4) is 0 Å². The molecule has 0 unspecified atom stereocenters. The van der Waals surface area contributed by atoms with Gasteiger partial charge in [-0.15, -0.1) is 11.6 Å². The molecule has 1 heterocycles. The molecule has 0 amide bonds. The minimum absolute atomic E-state index is 0.0953. The first-order valence-electron chi connectivity index (χ1n) is 4.16. The maximum atomic E-state index is 12.2. The number of halogens is 4. The molecule has 0 spiro atoms. The Hall–Kier alpha value is -1.04. The Bertz CT molecular complexity index is 291. The fourth-order valence-corrected chi connectivity index (χ4v) is 1.27. The summed E-state index contributed by atoms with van der Waals surface area (Å²) in [6, 6.07) is 1.41. The smallest absolute Gasteiger partial charge is 0.346 e. The molecule has 3 nitrogen and oxygen atoms in total. The van der Waals surface area contributed by atoms with Gasteiger partial charge in [-0.1, -0.05) is 0 Å². The summed E-state index contributed by atoms with van der Waals surface area (Å²) in [5.74, 6) is 0.336. The molecule has 0 N–H and O–H groups in total. The van der Waals surface area contributed by atoms with Gasteiger partial charge in [0.2, 0.25) is 0 Å². The van der Waals surface area contributed by atoms with Crippen molar-refractivity contribution in [2.75, 3.05) is 23.9 Å². The molecule has 0 fully saturated rings. The standard InChI is InChI=1S/C8H9ClF3N3/c9-2-4-15(5-8(10,11)12)7-1-3-13-6-14-7/h1,3,6H,2,4-5H2. The van der Waals surface area contributed by atoms with E-state index in [1.54, 1.807) is 0 Å². The number of aromatic nitrogens is 2. The normalized spacial score (nSPS) is 11.5. The van der Waals surface area contributed by atoms with Gasteiger partial charge in [0.25, 0.3) is 0 Å². The van der Waals surface area contributed by atoms with E-state index in [0.717, 1.165) is 4.90 Å². The quantitative estimate of drug-likeness (QED) is 0.754. The molecule has 0 radical (unpaired) electrons. The third-order valence-electron chi connectivity index (χ3n) is 1.61. The Morgan fingerprint density at radius 1 is 1.40 bits per heavy atom. The molecule has 84 valence electrons. The topological polar surface area (TPSA) is 29.0 Å². The van der Waals surface area contributed by atoms with E-state index in [4.69, 9.17) is 11.6 Å². The molecule has 0 aliphatic heterocycles. The Morgan fingerprint density at radius 3 is 2.60 bits per heavy atom. The van der Waals surface area contributed by atoms with Crippen LogP contribution in [0, 0.1) is 0 Å². The van der Waals surface area contributed by atoms with Crippen LogP contribution in [0.4, 0.5) is 19.0 Å². The monoisotopic (exact) mass is 239 g/mol. The molecule has 0 atom stereocenters. The van der Waals surface area contributed by atoms with Crippen LogP contribution in [-0.4, -0.2) is 35.1 Å². The van der Waals surface area contributed by atoms with Gasteiger partial charge in [0.15, 0.2) is 0 Å². The highest BCUT2D eigenvalue weighted by Crippen LogP contribution is 2.19. The van der Waals surface area contributed by atoms with Gasteiger partial charge in [0.05, 0.1) is 0 Å². The maximum Gasteiger partial charge on any atom is 0.405 e. The first-order chi connectivity index (χ1) is 7.03. The molecule has 0 aliphatic carbocycles. The molecule has 7 heteroatoms. The maximum absolute atomic E-state index is 12.2. The lowest BCUT2D eigenvalue weighted by Gasteiger charge is -2.23. The van der Waals surface area contributed by atoms with Gasteiger partial charge in [-0.05, 0) is 6.07 Å². The second-order valence-electron chi connectivity index (χ2n) is 2.79. The van der Waals surface area contributed by atoms with E-state index in [1.165, 1.54) is 18.6 Å². The zero-order chi connectivity index (χ0) is 11.3. The van der Waals surface area contributed by atoms with E-state index in [-0.39, 0.29) is 18.2 Å². The number of hydrogen-bond acceptors (Lipinski definition) is 3. The predicted octanol–water partition coefficient (Wildman–Crippen LogP) is 2.08. The minimum atomic E-state index is -4.27. The van der Waals surface area contributed by atoms with Crippen molar-refractivity contribution in [3.05, 3.63) is 18.6 Å². The summed E-state index contributed by atoms with van der Waals surface area (Å²) in [4.78, 5) is 8.43. The number of alkyl halides is 4. The first-order valence-corrected chi connectivity index (χ1v) is 4.70. The van der Waals surface area contributed by atoms with E-state index >= 15 is 0 Å². The molecular formula is C8H9ClF3N3. The molecule has 0 aliphatic rings. The van der Waals surface area contributed by atoms with E-state index in [0.29, 0.717) is 0 Å². The van der Waals surface area contributed by atoms with Crippen LogP contribution in [0.2, 0.25) is 0 Å². The summed E-state index contributed by atoms with van der Waals surface area (Å²) in [7, 11) is 0.